The molecule has 0 aromatic heterocycles. The molecule has 0 aliphatic heterocycles. The van der Waals surface area contributed by atoms with E-state index < -0.39 is 5.97 Å². The van der Waals surface area contributed by atoms with Crippen LogP contribution in [0, 0.1) is 6.92 Å². The Labute approximate surface area is 139 Å². The molecule has 126 valence electrons. The van der Waals surface area contributed by atoms with Crippen LogP contribution in [0.25, 0.3) is 0 Å². The summed E-state index contributed by atoms with van der Waals surface area (Å²) in [4.78, 5) is 11.6. The largest absolute Gasteiger partial charge is 0.493 e. The van der Waals surface area contributed by atoms with Crippen molar-refractivity contribution in [2.45, 2.75) is 6.92 Å². The second-order valence-corrected chi connectivity index (χ2v) is 4.88. The molecule has 0 amide bonds. The summed E-state index contributed by atoms with van der Waals surface area (Å²) in [5.74, 6) is -0.541. The molecule has 0 unspecified atom stereocenters. The molecule has 2 rings (SSSR count). The van der Waals surface area contributed by atoms with Crippen LogP contribution in [0.5, 0.6) is 17.2 Å². The van der Waals surface area contributed by atoms with E-state index in [1.165, 1.54) is 27.4 Å². The van der Waals surface area contributed by atoms with Crippen molar-refractivity contribution >= 4 is 17.3 Å². The van der Waals surface area contributed by atoms with Crippen LogP contribution in [0.4, 0.5) is 11.4 Å². The molecular weight excluding hydrogens is 312 g/mol. The Kier molecular flexibility index (Phi) is 5.36. The molecule has 24 heavy (non-hydrogen) atoms. The SMILES string of the molecule is COc1cc(C(=O)O)c(/N=N/c2ccc(C)cc2)c(OC)c1OC. The number of ether oxygens (including phenoxy) is 3. The van der Waals surface area contributed by atoms with Gasteiger partial charge in [0.25, 0.3) is 0 Å². The first-order valence-electron chi connectivity index (χ1n) is 7.06. The van der Waals surface area contributed by atoms with E-state index in [0.717, 1.165) is 5.56 Å². The second-order valence-electron chi connectivity index (χ2n) is 4.88. The number of hydrogen-bond donors (Lipinski definition) is 1. The number of aryl methyl sites for hydroxylation is 1. The van der Waals surface area contributed by atoms with Gasteiger partial charge in [-0.3, -0.25) is 0 Å². The van der Waals surface area contributed by atoms with E-state index >= 15 is 0 Å². The number of hydrogen-bond acceptors (Lipinski definition) is 6. The highest BCUT2D eigenvalue weighted by Crippen LogP contribution is 2.47. The van der Waals surface area contributed by atoms with E-state index in [4.69, 9.17) is 14.2 Å². The van der Waals surface area contributed by atoms with Gasteiger partial charge >= 0.3 is 5.97 Å². The van der Waals surface area contributed by atoms with E-state index in [1.807, 2.05) is 19.1 Å². The Hall–Kier alpha value is -3.09. The Morgan fingerprint density at radius 2 is 1.58 bits per heavy atom. The number of benzene rings is 2. The molecule has 7 nitrogen and oxygen atoms in total. The summed E-state index contributed by atoms with van der Waals surface area (Å²) >= 11 is 0. The van der Waals surface area contributed by atoms with Crippen molar-refractivity contribution < 1.29 is 24.1 Å². The van der Waals surface area contributed by atoms with Crippen LogP contribution >= 0.6 is 0 Å². The van der Waals surface area contributed by atoms with Crippen LogP contribution in [0.15, 0.2) is 40.6 Å². The van der Waals surface area contributed by atoms with E-state index in [9.17, 15) is 9.90 Å². The van der Waals surface area contributed by atoms with E-state index in [0.29, 0.717) is 5.69 Å². The third-order valence-electron chi connectivity index (χ3n) is 3.33. The molecule has 0 spiro atoms. The van der Waals surface area contributed by atoms with E-state index in [1.54, 1.807) is 12.1 Å². The van der Waals surface area contributed by atoms with Crippen LogP contribution in [0.2, 0.25) is 0 Å². The maximum Gasteiger partial charge on any atom is 0.338 e. The molecule has 2 aromatic carbocycles. The minimum Gasteiger partial charge on any atom is -0.493 e. The van der Waals surface area contributed by atoms with Crippen LogP contribution in [0.1, 0.15) is 15.9 Å². The summed E-state index contributed by atoms with van der Waals surface area (Å²) in [7, 11) is 4.24. The lowest BCUT2D eigenvalue weighted by Gasteiger charge is -2.15. The minimum atomic E-state index is -1.17. The predicted octanol–water partition coefficient (Wildman–Crippen LogP) is 4.13. The highest BCUT2D eigenvalue weighted by molar-refractivity contribution is 5.97. The molecular formula is C17H18N2O5. The quantitative estimate of drug-likeness (QED) is 0.804. The van der Waals surface area contributed by atoms with Crippen LogP contribution < -0.4 is 14.2 Å². The van der Waals surface area contributed by atoms with E-state index in [-0.39, 0.29) is 28.5 Å². The third-order valence-corrected chi connectivity index (χ3v) is 3.33. The van der Waals surface area contributed by atoms with Crippen molar-refractivity contribution in [2.75, 3.05) is 21.3 Å². The van der Waals surface area contributed by atoms with Crippen LogP contribution in [-0.4, -0.2) is 32.4 Å². The molecule has 0 saturated carbocycles. The molecule has 2 aromatic rings. The molecule has 0 radical (unpaired) electrons. The number of carboxylic acid groups (broad SMARTS) is 1. The van der Waals surface area contributed by atoms with E-state index in [2.05, 4.69) is 10.2 Å². The van der Waals surface area contributed by atoms with Gasteiger partial charge in [-0.05, 0) is 19.1 Å². The van der Waals surface area contributed by atoms with Gasteiger partial charge in [0.1, 0.15) is 5.69 Å². The van der Waals surface area contributed by atoms with Gasteiger partial charge in [-0.2, -0.15) is 5.11 Å². The van der Waals surface area contributed by atoms with Gasteiger partial charge < -0.3 is 19.3 Å². The molecule has 7 heteroatoms. The standard InChI is InChI=1S/C17H18N2O5/c1-10-5-7-11(8-6-10)18-19-14-12(17(20)21)9-13(22-2)15(23-3)16(14)24-4/h5-9H,1-4H3,(H,20,21)/b19-18+. The van der Waals surface area contributed by atoms with Crippen molar-refractivity contribution in [3.05, 3.63) is 41.5 Å². The number of carbonyl (C=O) groups is 1. The van der Waals surface area contributed by atoms with Crippen molar-refractivity contribution in [3.63, 3.8) is 0 Å². The summed E-state index contributed by atoms with van der Waals surface area (Å²) in [5.41, 5.74) is 1.64. The fraction of sp³-hybridized carbons (Fsp3) is 0.235. The van der Waals surface area contributed by atoms with Gasteiger partial charge in [-0.25, -0.2) is 4.79 Å². The smallest absolute Gasteiger partial charge is 0.338 e. The highest BCUT2D eigenvalue weighted by atomic mass is 16.5. The van der Waals surface area contributed by atoms with Gasteiger partial charge in [0.2, 0.25) is 5.75 Å². The minimum absolute atomic E-state index is 0.0585. The maximum atomic E-state index is 11.6. The number of rotatable bonds is 6. The molecule has 0 atom stereocenters. The number of nitrogens with zero attached hydrogens (tertiary/aromatic N) is 2. The fourth-order valence-electron chi connectivity index (χ4n) is 2.12. The molecule has 1 N–H and O–H groups in total. The lowest BCUT2D eigenvalue weighted by atomic mass is 10.1. The molecule has 0 fully saturated rings. The maximum absolute atomic E-state index is 11.6. The Morgan fingerprint density at radius 3 is 2.08 bits per heavy atom. The number of carboxylic acids is 1. The molecule has 0 heterocycles. The normalized spacial score (nSPS) is 10.7. The zero-order valence-corrected chi connectivity index (χ0v) is 13.9. The molecule has 0 bridgehead atoms. The Balaban J connectivity index is 2.61. The fourth-order valence-corrected chi connectivity index (χ4v) is 2.12. The highest BCUT2D eigenvalue weighted by Gasteiger charge is 2.24. The first-order chi connectivity index (χ1) is 11.5. The van der Waals surface area contributed by atoms with Gasteiger partial charge in [0, 0.05) is 6.07 Å². The number of azo groups is 1. The topological polar surface area (TPSA) is 89.7 Å². The van der Waals surface area contributed by atoms with Crippen molar-refractivity contribution in [2.24, 2.45) is 10.2 Å². The summed E-state index contributed by atoms with van der Waals surface area (Å²) in [6.45, 7) is 1.96. The molecule has 0 aliphatic carbocycles. The second kappa shape index (κ2) is 7.45. The zero-order chi connectivity index (χ0) is 17.7. The van der Waals surface area contributed by atoms with Gasteiger partial charge in [0.15, 0.2) is 11.5 Å². The summed E-state index contributed by atoms with van der Waals surface area (Å²) in [6, 6.07) is 8.67. The van der Waals surface area contributed by atoms with Gasteiger partial charge in [-0.15, -0.1) is 5.11 Å². The van der Waals surface area contributed by atoms with Crippen LogP contribution in [-0.2, 0) is 0 Å². The average molecular weight is 330 g/mol. The molecule has 0 saturated heterocycles. The van der Waals surface area contributed by atoms with Gasteiger partial charge in [0.05, 0.1) is 32.6 Å². The summed E-state index contributed by atoms with van der Waals surface area (Å²) in [5, 5.41) is 17.6. The van der Waals surface area contributed by atoms with Gasteiger partial charge in [-0.1, -0.05) is 17.7 Å². The summed E-state index contributed by atoms with van der Waals surface area (Å²) in [6.07, 6.45) is 0. The Bertz CT molecular complexity index is 770. The number of methoxy groups -OCH3 is 3. The average Bonchev–Trinajstić information content (AvgIpc) is 2.59. The first kappa shape index (κ1) is 17.3. The number of aromatic carboxylic acids is 1. The Morgan fingerprint density at radius 1 is 0.958 bits per heavy atom. The summed E-state index contributed by atoms with van der Waals surface area (Å²) < 4.78 is 15.7. The van der Waals surface area contributed by atoms with Crippen molar-refractivity contribution in [1.82, 2.24) is 0 Å². The monoisotopic (exact) mass is 330 g/mol. The van der Waals surface area contributed by atoms with Crippen LogP contribution in [0.3, 0.4) is 0 Å². The first-order valence-corrected chi connectivity index (χ1v) is 7.06. The molecule has 0 aliphatic rings. The predicted molar refractivity (Wildman–Crippen MR) is 88.4 cm³/mol. The van der Waals surface area contributed by atoms with Crippen molar-refractivity contribution in [3.8, 4) is 17.2 Å². The third kappa shape index (κ3) is 3.45. The lowest BCUT2D eigenvalue weighted by Crippen LogP contribution is -2.02. The lowest BCUT2D eigenvalue weighted by molar-refractivity contribution is 0.0697. The van der Waals surface area contributed by atoms with Crippen molar-refractivity contribution in [1.29, 1.82) is 0 Å². The zero-order valence-electron chi connectivity index (χ0n) is 13.9.